The number of nitrogens with zero attached hydrogens (tertiary/aromatic N) is 1. The van der Waals surface area contributed by atoms with Crippen LogP contribution in [0.1, 0.15) is 17.2 Å². The molecule has 0 aliphatic carbocycles. The molecule has 0 bridgehead atoms. The third-order valence-electron chi connectivity index (χ3n) is 5.31. The van der Waals surface area contributed by atoms with Crippen molar-refractivity contribution < 1.29 is 9.53 Å². The van der Waals surface area contributed by atoms with Crippen LogP contribution in [0, 0.1) is 0 Å². The van der Waals surface area contributed by atoms with Crippen LogP contribution in [0.4, 0.5) is 0 Å². The van der Waals surface area contributed by atoms with Crippen molar-refractivity contribution in [3.63, 3.8) is 0 Å². The SMILES string of the molecule is O=C(Cc1cccc2ccccc12)NC(CN1CCOCC1)c1ccccc1. The van der Waals surface area contributed by atoms with Crippen molar-refractivity contribution in [3.8, 4) is 0 Å². The molecule has 4 heteroatoms. The first kappa shape index (κ1) is 18.7. The van der Waals surface area contributed by atoms with E-state index < -0.39 is 0 Å². The maximum absolute atomic E-state index is 12.9. The fraction of sp³-hybridized carbons (Fsp3) is 0.292. The van der Waals surface area contributed by atoms with Crippen LogP contribution in [0.5, 0.6) is 0 Å². The van der Waals surface area contributed by atoms with Crippen molar-refractivity contribution in [1.82, 2.24) is 10.2 Å². The Bertz CT molecular complexity index is 915. The summed E-state index contributed by atoms with van der Waals surface area (Å²) in [7, 11) is 0. The molecule has 4 rings (SSSR count). The molecule has 1 unspecified atom stereocenters. The molecule has 1 fully saturated rings. The van der Waals surface area contributed by atoms with Gasteiger partial charge in [-0.2, -0.15) is 0 Å². The van der Waals surface area contributed by atoms with Gasteiger partial charge < -0.3 is 10.1 Å². The maximum Gasteiger partial charge on any atom is 0.224 e. The lowest BCUT2D eigenvalue weighted by Gasteiger charge is -2.31. The molecule has 0 radical (unpaired) electrons. The molecule has 0 aromatic heterocycles. The van der Waals surface area contributed by atoms with E-state index in [1.807, 2.05) is 42.5 Å². The first-order valence-electron chi connectivity index (χ1n) is 9.90. The van der Waals surface area contributed by atoms with Gasteiger partial charge in [-0.25, -0.2) is 0 Å². The molecular formula is C24H26N2O2. The summed E-state index contributed by atoms with van der Waals surface area (Å²) in [6, 6.07) is 24.6. The van der Waals surface area contributed by atoms with E-state index >= 15 is 0 Å². The van der Waals surface area contributed by atoms with Crippen LogP contribution >= 0.6 is 0 Å². The molecule has 1 aliphatic heterocycles. The molecule has 1 atom stereocenters. The van der Waals surface area contributed by atoms with Gasteiger partial charge in [0.1, 0.15) is 0 Å². The average Bonchev–Trinajstić information content (AvgIpc) is 2.75. The number of carbonyl (C=O) groups excluding carboxylic acids is 1. The Morgan fingerprint density at radius 2 is 1.64 bits per heavy atom. The van der Waals surface area contributed by atoms with Gasteiger partial charge in [-0.15, -0.1) is 0 Å². The number of hydrogen-bond acceptors (Lipinski definition) is 3. The van der Waals surface area contributed by atoms with Crippen LogP contribution in [0.25, 0.3) is 10.8 Å². The Morgan fingerprint density at radius 3 is 2.46 bits per heavy atom. The van der Waals surface area contributed by atoms with Crippen LogP contribution in [-0.2, 0) is 16.0 Å². The number of hydrogen-bond donors (Lipinski definition) is 1. The second-order valence-corrected chi connectivity index (χ2v) is 7.26. The van der Waals surface area contributed by atoms with E-state index in [-0.39, 0.29) is 11.9 Å². The highest BCUT2D eigenvalue weighted by atomic mass is 16.5. The zero-order chi connectivity index (χ0) is 19.2. The Morgan fingerprint density at radius 1 is 0.929 bits per heavy atom. The van der Waals surface area contributed by atoms with E-state index in [1.54, 1.807) is 0 Å². The van der Waals surface area contributed by atoms with E-state index in [4.69, 9.17) is 4.74 Å². The van der Waals surface area contributed by atoms with Crippen molar-refractivity contribution in [2.24, 2.45) is 0 Å². The van der Waals surface area contributed by atoms with Crippen LogP contribution in [0.3, 0.4) is 0 Å². The number of fused-ring (bicyclic) bond motifs is 1. The summed E-state index contributed by atoms with van der Waals surface area (Å²) < 4.78 is 5.46. The molecule has 0 saturated carbocycles. The summed E-state index contributed by atoms with van der Waals surface area (Å²) in [6.07, 6.45) is 0.383. The third kappa shape index (κ3) is 4.58. The number of benzene rings is 3. The summed E-state index contributed by atoms with van der Waals surface area (Å²) in [5.41, 5.74) is 2.20. The first-order valence-corrected chi connectivity index (χ1v) is 9.90. The van der Waals surface area contributed by atoms with Gasteiger partial charge in [-0.1, -0.05) is 72.8 Å². The fourth-order valence-electron chi connectivity index (χ4n) is 3.83. The highest BCUT2D eigenvalue weighted by Crippen LogP contribution is 2.20. The fourth-order valence-corrected chi connectivity index (χ4v) is 3.83. The summed E-state index contributed by atoms with van der Waals surface area (Å²) in [5, 5.41) is 5.58. The number of nitrogens with one attached hydrogen (secondary N) is 1. The lowest BCUT2D eigenvalue weighted by molar-refractivity contribution is -0.121. The van der Waals surface area contributed by atoms with Crippen molar-refractivity contribution in [2.45, 2.75) is 12.5 Å². The molecule has 28 heavy (non-hydrogen) atoms. The van der Waals surface area contributed by atoms with Gasteiger partial charge in [0.05, 0.1) is 25.7 Å². The van der Waals surface area contributed by atoms with Crippen LogP contribution in [-0.4, -0.2) is 43.7 Å². The standard InChI is InChI=1S/C24H26N2O2/c27-24(17-21-11-6-10-19-7-4-5-12-22(19)21)25-23(20-8-2-1-3-9-20)18-26-13-15-28-16-14-26/h1-12,23H,13-18H2,(H,25,27). The molecule has 1 amide bonds. The minimum absolute atomic E-state index is 0.0261. The first-order chi connectivity index (χ1) is 13.8. The Balaban J connectivity index is 1.49. The lowest BCUT2D eigenvalue weighted by atomic mass is 10.0. The second kappa shape index (κ2) is 9.00. The largest absolute Gasteiger partial charge is 0.379 e. The zero-order valence-electron chi connectivity index (χ0n) is 16.0. The van der Waals surface area contributed by atoms with Crippen LogP contribution in [0.15, 0.2) is 72.8 Å². The number of morpholine rings is 1. The predicted molar refractivity (Wildman–Crippen MR) is 112 cm³/mol. The number of carbonyl (C=O) groups is 1. The molecular weight excluding hydrogens is 348 g/mol. The molecule has 1 N–H and O–H groups in total. The second-order valence-electron chi connectivity index (χ2n) is 7.26. The number of ether oxygens (including phenoxy) is 1. The topological polar surface area (TPSA) is 41.6 Å². The number of amides is 1. The highest BCUT2D eigenvalue weighted by Gasteiger charge is 2.20. The third-order valence-corrected chi connectivity index (χ3v) is 5.31. The maximum atomic E-state index is 12.9. The number of rotatable bonds is 6. The van der Waals surface area contributed by atoms with Gasteiger partial charge >= 0.3 is 0 Å². The van der Waals surface area contributed by atoms with Crippen molar-refractivity contribution in [3.05, 3.63) is 83.9 Å². The zero-order valence-corrected chi connectivity index (χ0v) is 16.0. The van der Waals surface area contributed by atoms with Gasteiger partial charge in [0.2, 0.25) is 5.91 Å². The van der Waals surface area contributed by atoms with Crippen molar-refractivity contribution in [2.75, 3.05) is 32.8 Å². The van der Waals surface area contributed by atoms with Gasteiger partial charge in [-0.3, -0.25) is 9.69 Å². The van der Waals surface area contributed by atoms with Gasteiger partial charge in [0.25, 0.3) is 0 Å². The summed E-state index contributed by atoms with van der Waals surface area (Å²) in [5.74, 6) is 0.0541. The molecule has 3 aromatic rings. The molecule has 144 valence electrons. The summed E-state index contributed by atoms with van der Waals surface area (Å²) in [4.78, 5) is 15.3. The van der Waals surface area contributed by atoms with Crippen molar-refractivity contribution >= 4 is 16.7 Å². The van der Waals surface area contributed by atoms with Crippen molar-refractivity contribution in [1.29, 1.82) is 0 Å². The Labute approximate surface area is 166 Å². The molecule has 0 spiro atoms. The molecule has 1 heterocycles. The minimum atomic E-state index is -0.0261. The van der Waals surface area contributed by atoms with E-state index in [1.165, 1.54) is 5.39 Å². The normalized spacial score (nSPS) is 16.0. The Hall–Kier alpha value is -2.69. The molecule has 3 aromatic carbocycles. The van der Waals surface area contributed by atoms with E-state index in [0.717, 1.165) is 49.4 Å². The van der Waals surface area contributed by atoms with Crippen LogP contribution in [0.2, 0.25) is 0 Å². The van der Waals surface area contributed by atoms with E-state index in [9.17, 15) is 4.79 Å². The molecule has 4 nitrogen and oxygen atoms in total. The summed E-state index contributed by atoms with van der Waals surface area (Å²) >= 11 is 0. The Kier molecular flexibility index (Phi) is 6.00. The lowest BCUT2D eigenvalue weighted by Crippen LogP contribution is -2.43. The van der Waals surface area contributed by atoms with Gasteiger partial charge in [0, 0.05) is 19.6 Å². The minimum Gasteiger partial charge on any atom is -0.379 e. The van der Waals surface area contributed by atoms with Crippen LogP contribution < -0.4 is 5.32 Å². The quantitative estimate of drug-likeness (QED) is 0.717. The molecule has 1 saturated heterocycles. The van der Waals surface area contributed by atoms with Gasteiger partial charge in [-0.05, 0) is 21.9 Å². The molecule has 1 aliphatic rings. The van der Waals surface area contributed by atoms with Gasteiger partial charge in [0.15, 0.2) is 0 Å². The van der Waals surface area contributed by atoms with E-state index in [2.05, 4.69) is 40.5 Å². The van der Waals surface area contributed by atoms with E-state index in [0.29, 0.717) is 6.42 Å². The predicted octanol–water partition coefficient (Wildman–Crippen LogP) is 3.57. The average molecular weight is 374 g/mol. The summed E-state index contributed by atoms with van der Waals surface area (Å²) in [6.45, 7) is 4.12. The smallest absolute Gasteiger partial charge is 0.224 e. The monoisotopic (exact) mass is 374 g/mol. The highest BCUT2D eigenvalue weighted by molar-refractivity contribution is 5.90.